The van der Waals surface area contributed by atoms with Gasteiger partial charge < -0.3 is 0 Å². The molecular weight excluding hydrogens is 318 g/mol. The normalized spacial score (nSPS) is 19.6. The van der Waals surface area contributed by atoms with Gasteiger partial charge in [-0.3, -0.25) is 9.69 Å². The van der Waals surface area contributed by atoms with E-state index < -0.39 is 0 Å². The minimum absolute atomic E-state index is 0.0805. The summed E-state index contributed by atoms with van der Waals surface area (Å²) in [6.07, 6.45) is 1.70. The molecule has 24 heavy (non-hydrogen) atoms. The lowest BCUT2D eigenvalue weighted by molar-refractivity contribution is -0.126. The molecule has 4 nitrogen and oxygen atoms in total. The summed E-state index contributed by atoms with van der Waals surface area (Å²) in [6, 6.07) is 17.9. The van der Waals surface area contributed by atoms with Crippen LogP contribution in [0.4, 0.5) is 0 Å². The molecule has 0 radical (unpaired) electrons. The SMILES string of the molecule is Cc1ccccc1CN1C(=O)[C@@H](C)S/C1=N/N=C\c1ccccc1. The van der Waals surface area contributed by atoms with E-state index in [1.807, 2.05) is 55.5 Å². The van der Waals surface area contributed by atoms with Gasteiger partial charge in [-0.15, -0.1) is 5.10 Å². The molecule has 0 saturated carbocycles. The van der Waals surface area contributed by atoms with Gasteiger partial charge in [0.25, 0.3) is 0 Å². The van der Waals surface area contributed by atoms with Crippen LogP contribution in [0.25, 0.3) is 0 Å². The number of hydrogen-bond donors (Lipinski definition) is 0. The Morgan fingerprint density at radius 3 is 2.58 bits per heavy atom. The maximum atomic E-state index is 12.4. The molecule has 1 atom stereocenters. The summed E-state index contributed by atoms with van der Waals surface area (Å²) < 4.78 is 0. The predicted molar refractivity (Wildman–Crippen MR) is 100 cm³/mol. The summed E-state index contributed by atoms with van der Waals surface area (Å²) in [7, 11) is 0. The van der Waals surface area contributed by atoms with Crippen LogP contribution in [-0.4, -0.2) is 27.4 Å². The Morgan fingerprint density at radius 2 is 1.83 bits per heavy atom. The molecule has 0 unspecified atom stereocenters. The van der Waals surface area contributed by atoms with Gasteiger partial charge in [-0.2, -0.15) is 5.10 Å². The van der Waals surface area contributed by atoms with Crippen molar-refractivity contribution in [2.75, 3.05) is 0 Å². The molecule has 2 aromatic rings. The minimum Gasteiger partial charge on any atom is -0.284 e. The minimum atomic E-state index is -0.125. The van der Waals surface area contributed by atoms with Crippen LogP contribution < -0.4 is 0 Å². The molecule has 1 aliphatic heterocycles. The summed E-state index contributed by atoms with van der Waals surface area (Å²) in [5.41, 5.74) is 3.27. The fraction of sp³-hybridized carbons (Fsp3) is 0.211. The average Bonchev–Trinajstić information content (AvgIpc) is 2.85. The third-order valence-corrected chi connectivity index (χ3v) is 4.93. The number of aryl methyl sites for hydroxylation is 1. The number of carbonyl (C=O) groups excluding carboxylic acids is 1. The topological polar surface area (TPSA) is 45.0 Å². The monoisotopic (exact) mass is 337 g/mol. The molecule has 0 aliphatic carbocycles. The summed E-state index contributed by atoms with van der Waals surface area (Å²) in [4.78, 5) is 14.2. The van der Waals surface area contributed by atoms with Crippen LogP contribution in [0.15, 0.2) is 64.8 Å². The number of amidine groups is 1. The van der Waals surface area contributed by atoms with Crippen LogP contribution in [0.1, 0.15) is 23.6 Å². The maximum Gasteiger partial charge on any atom is 0.242 e. The number of nitrogens with zero attached hydrogens (tertiary/aromatic N) is 3. The van der Waals surface area contributed by atoms with E-state index >= 15 is 0 Å². The molecule has 1 fully saturated rings. The summed E-state index contributed by atoms with van der Waals surface area (Å²) in [5, 5.41) is 8.97. The summed E-state index contributed by atoms with van der Waals surface area (Å²) in [6.45, 7) is 4.49. The lowest BCUT2D eigenvalue weighted by atomic mass is 10.1. The Morgan fingerprint density at radius 1 is 1.12 bits per heavy atom. The van der Waals surface area contributed by atoms with Crippen LogP contribution in [-0.2, 0) is 11.3 Å². The van der Waals surface area contributed by atoms with Gasteiger partial charge in [-0.05, 0) is 30.5 Å². The smallest absolute Gasteiger partial charge is 0.242 e. The van der Waals surface area contributed by atoms with E-state index in [0.717, 1.165) is 11.1 Å². The van der Waals surface area contributed by atoms with E-state index in [9.17, 15) is 4.79 Å². The van der Waals surface area contributed by atoms with Crippen LogP contribution in [0.2, 0.25) is 0 Å². The molecular formula is C19H19N3OS. The van der Waals surface area contributed by atoms with E-state index in [0.29, 0.717) is 11.7 Å². The summed E-state index contributed by atoms with van der Waals surface area (Å²) in [5.74, 6) is 0.0805. The molecule has 0 N–H and O–H groups in total. The fourth-order valence-corrected chi connectivity index (χ4v) is 3.37. The Hall–Kier alpha value is -2.40. The zero-order valence-corrected chi connectivity index (χ0v) is 14.5. The van der Waals surface area contributed by atoms with Crippen LogP contribution in [0.3, 0.4) is 0 Å². The van der Waals surface area contributed by atoms with Gasteiger partial charge >= 0.3 is 0 Å². The zero-order chi connectivity index (χ0) is 16.9. The van der Waals surface area contributed by atoms with Crippen LogP contribution in [0.5, 0.6) is 0 Å². The van der Waals surface area contributed by atoms with E-state index in [1.165, 1.54) is 17.3 Å². The van der Waals surface area contributed by atoms with Gasteiger partial charge in [-0.1, -0.05) is 66.4 Å². The molecule has 5 heteroatoms. The largest absolute Gasteiger partial charge is 0.284 e. The van der Waals surface area contributed by atoms with Crippen molar-refractivity contribution < 1.29 is 4.79 Å². The second-order valence-corrected chi connectivity index (χ2v) is 6.96. The molecule has 1 heterocycles. The highest BCUT2D eigenvalue weighted by molar-refractivity contribution is 8.15. The second-order valence-electron chi connectivity index (χ2n) is 5.65. The van der Waals surface area contributed by atoms with Crippen molar-refractivity contribution in [3.8, 4) is 0 Å². The van der Waals surface area contributed by atoms with Crippen molar-refractivity contribution in [1.82, 2.24) is 4.90 Å². The number of hydrogen-bond acceptors (Lipinski definition) is 4. The van der Waals surface area contributed by atoms with E-state index in [4.69, 9.17) is 0 Å². The molecule has 0 spiro atoms. The van der Waals surface area contributed by atoms with Gasteiger partial charge in [-0.25, -0.2) is 0 Å². The average molecular weight is 337 g/mol. The van der Waals surface area contributed by atoms with E-state index in [2.05, 4.69) is 23.2 Å². The van der Waals surface area contributed by atoms with Gasteiger partial charge in [0.05, 0.1) is 18.0 Å². The molecule has 1 saturated heterocycles. The first-order chi connectivity index (χ1) is 11.6. The molecule has 2 aromatic carbocycles. The molecule has 3 rings (SSSR count). The third kappa shape index (κ3) is 3.74. The van der Waals surface area contributed by atoms with Gasteiger partial charge in [0.2, 0.25) is 5.91 Å². The molecule has 0 aromatic heterocycles. The second kappa shape index (κ2) is 7.45. The molecule has 1 aliphatic rings. The Balaban J connectivity index is 1.80. The van der Waals surface area contributed by atoms with Gasteiger partial charge in [0.15, 0.2) is 5.17 Å². The highest BCUT2D eigenvalue weighted by atomic mass is 32.2. The third-order valence-electron chi connectivity index (χ3n) is 3.87. The lowest BCUT2D eigenvalue weighted by Gasteiger charge is -2.16. The van der Waals surface area contributed by atoms with Crippen molar-refractivity contribution in [1.29, 1.82) is 0 Å². The fourth-order valence-electron chi connectivity index (χ4n) is 2.45. The van der Waals surface area contributed by atoms with E-state index in [1.54, 1.807) is 11.1 Å². The number of carbonyl (C=O) groups is 1. The van der Waals surface area contributed by atoms with Gasteiger partial charge in [0.1, 0.15) is 0 Å². The first-order valence-corrected chi connectivity index (χ1v) is 8.72. The predicted octanol–water partition coefficient (Wildman–Crippen LogP) is 3.85. The summed E-state index contributed by atoms with van der Waals surface area (Å²) >= 11 is 1.45. The molecule has 122 valence electrons. The van der Waals surface area contributed by atoms with Crippen LogP contribution in [0, 0.1) is 6.92 Å². The first-order valence-electron chi connectivity index (χ1n) is 7.84. The lowest BCUT2D eigenvalue weighted by Crippen LogP contribution is -2.31. The Bertz CT molecular complexity index is 786. The van der Waals surface area contributed by atoms with Gasteiger partial charge in [0, 0.05) is 0 Å². The van der Waals surface area contributed by atoms with Crippen molar-refractivity contribution in [3.63, 3.8) is 0 Å². The Labute approximate surface area is 146 Å². The van der Waals surface area contributed by atoms with Crippen molar-refractivity contribution in [2.24, 2.45) is 10.2 Å². The number of thioether (sulfide) groups is 1. The number of rotatable bonds is 4. The van der Waals surface area contributed by atoms with E-state index in [-0.39, 0.29) is 11.2 Å². The maximum absolute atomic E-state index is 12.4. The van der Waals surface area contributed by atoms with Crippen molar-refractivity contribution in [3.05, 3.63) is 71.3 Å². The van der Waals surface area contributed by atoms with Crippen LogP contribution >= 0.6 is 11.8 Å². The standard InChI is InChI=1S/C19H19N3OS/c1-14-8-6-7-11-17(14)13-22-18(23)15(2)24-19(22)21-20-12-16-9-4-3-5-10-16/h3-12,15H,13H2,1-2H3/b20-12-,21-19+/t15-/m1/s1. The first kappa shape index (κ1) is 16.5. The van der Waals surface area contributed by atoms with Crippen molar-refractivity contribution in [2.45, 2.75) is 25.6 Å². The molecule has 1 amide bonds. The van der Waals surface area contributed by atoms with Crippen molar-refractivity contribution >= 4 is 29.1 Å². The quantitative estimate of drug-likeness (QED) is 0.628. The number of amides is 1. The molecule has 0 bridgehead atoms. The number of benzene rings is 2. The Kier molecular flexibility index (Phi) is 5.11. The highest BCUT2D eigenvalue weighted by Gasteiger charge is 2.35. The zero-order valence-electron chi connectivity index (χ0n) is 13.7. The highest BCUT2D eigenvalue weighted by Crippen LogP contribution is 2.29.